The van der Waals surface area contributed by atoms with Crippen molar-refractivity contribution in [2.75, 3.05) is 24.9 Å². The topological polar surface area (TPSA) is 139 Å². The number of benzene rings is 2. The number of carbonyl (C=O) groups excluding carboxylic acids is 2. The minimum absolute atomic E-state index is 0.0395. The third kappa shape index (κ3) is 5.25. The fraction of sp³-hybridized carbons (Fsp3) is 0.200. The highest BCUT2D eigenvalue weighted by atomic mass is 16.5. The molecule has 2 amide bonds. The maximum Gasteiger partial charge on any atom is 0.252 e. The van der Waals surface area contributed by atoms with Gasteiger partial charge in [0.2, 0.25) is 17.8 Å². The molecular formula is C20H22N6O4. The standard InChI is InChI=1S/C20H22N6O4/c1-29-13-8-9-16(30-2)14(10-13)23-17(27)11-15-18(28)25-20(24-15)26-19(21)22-12-6-4-3-5-7-12/h3-10,15H,11H2,1-2H3,(H,23,27)(H4,21,22,24,25,26,28)/t15-/m0/s1. The molecular weight excluding hydrogens is 388 g/mol. The first kappa shape index (κ1) is 20.6. The van der Waals surface area contributed by atoms with Crippen LogP contribution in [0.15, 0.2) is 58.5 Å². The molecule has 2 aromatic rings. The van der Waals surface area contributed by atoms with Gasteiger partial charge in [0.1, 0.15) is 17.5 Å². The quantitative estimate of drug-likeness (QED) is 0.418. The number of nitrogens with one attached hydrogen (secondary N) is 3. The third-order valence-corrected chi connectivity index (χ3v) is 4.15. The van der Waals surface area contributed by atoms with Gasteiger partial charge in [0.05, 0.1) is 26.3 Å². The van der Waals surface area contributed by atoms with E-state index in [1.165, 1.54) is 14.2 Å². The Bertz CT molecular complexity index is 990. The van der Waals surface area contributed by atoms with Gasteiger partial charge in [-0.15, -0.1) is 0 Å². The Morgan fingerprint density at radius 3 is 2.63 bits per heavy atom. The van der Waals surface area contributed by atoms with Gasteiger partial charge in [-0.1, -0.05) is 18.2 Å². The molecule has 0 radical (unpaired) electrons. The van der Waals surface area contributed by atoms with E-state index >= 15 is 0 Å². The summed E-state index contributed by atoms with van der Waals surface area (Å²) in [6.07, 6.45) is -0.169. The van der Waals surface area contributed by atoms with Gasteiger partial charge in [-0.25, -0.2) is 4.99 Å². The predicted octanol–water partition coefficient (Wildman–Crippen LogP) is 1.31. The number of aliphatic imine (C=N–C) groups is 2. The minimum Gasteiger partial charge on any atom is -0.497 e. The molecule has 0 aromatic heterocycles. The van der Waals surface area contributed by atoms with Crippen molar-refractivity contribution in [3.05, 3.63) is 48.5 Å². The highest BCUT2D eigenvalue weighted by Gasteiger charge is 2.29. The van der Waals surface area contributed by atoms with E-state index in [9.17, 15) is 9.59 Å². The second-order valence-electron chi connectivity index (χ2n) is 6.26. The van der Waals surface area contributed by atoms with E-state index in [0.29, 0.717) is 17.2 Å². The second kappa shape index (κ2) is 9.41. The number of hydrogen-bond donors (Lipinski definition) is 4. The number of rotatable bonds is 6. The average molecular weight is 410 g/mol. The van der Waals surface area contributed by atoms with E-state index in [0.717, 1.165) is 5.69 Å². The number of anilines is 2. The van der Waals surface area contributed by atoms with Gasteiger partial charge in [-0.05, 0) is 24.3 Å². The van der Waals surface area contributed by atoms with Gasteiger partial charge in [-0.2, -0.15) is 4.99 Å². The maximum atomic E-state index is 12.4. The molecule has 0 bridgehead atoms. The summed E-state index contributed by atoms with van der Waals surface area (Å²) in [5, 5.41) is 8.10. The minimum atomic E-state index is -0.912. The molecule has 1 atom stereocenters. The number of carbonyl (C=O) groups is 2. The van der Waals surface area contributed by atoms with Crippen LogP contribution < -0.4 is 31.2 Å². The highest BCUT2D eigenvalue weighted by molar-refractivity contribution is 6.11. The molecule has 10 heteroatoms. The van der Waals surface area contributed by atoms with Crippen LogP contribution in [0.2, 0.25) is 0 Å². The van der Waals surface area contributed by atoms with Crippen molar-refractivity contribution >= 4 is 35.1 Å². The first-order valence-corrected chi connectivity index (χ1v) is 9.05. The van der Waals surface area contributed by atoms with Crippen molar-refractivity contribution in [3.8, 4) is 11.5 Å². The molecule has 0 saturated carbocycles. The molecule has 0 saturated heterocycles. The summed E-state index contributed by atoms with van der Waals surface area (Å²) < 4.78 is 10.4. The molecule has 30 heavy (non-hydrogen) atoms. The van der Waals surface area contributed by atoms with Crippen LogP contribution in [0.5, 0.6) is 11.5 Å². The zero-order chi connectivity index (χ0) is 21.5. The highest BCUT2D eigenvalue weighted by Crippen LogP contribution is 2.29. The number of guanidine groups is 2. The molecule has 0 fully saturated rings. The number of hydrogen-bond acceptors (Lipinski definition) is 6. The van der Waals surface area contributed by atoms with Crippen molar-refractivity contribution in [2.45, 2.75) is 12.5 Å². The molecule has 5 N–H and O–H groups in total. The lowest BCUT2D eigenvalue weighted by molar-refractivity contribution is -0.123. The van der Waals surface area contributed by atoms with Crippen molar-refractivity contribution in [3.63, 3.8) is 0 Å². The fourth-order valence-corrected chi connectivity index (χ4v) is 2.73. The zero-order valence-electron chi connectivity index (χ0n) is 16.5. The molecule has 2 aromatic carbocycles. The number of nitrogens with two attached hydrogens (primary N) is 1. The fourth-order valence-electron chi connectivity index (χ4n) is 2.73. The van der Waals surface area contributed by atoms with Crippen LogP contribution in [0.4, 0.5) is 11.4 Å². The van der Waals surface area contributed by atoms with E-state index in [2.05, 4.69) is 25.9 Å². The van der Waals surface area contributed by atoms with Gasteiger partial charge in [0.15, 0.2) is 0 Å². The Morgan fingerprint density at radius 2 is 1.93 bits per heavy atom. The van der Waals surface area contributed by atoms with Crippen LogP contribution in [-0.2, 0) is 9.59 Å². The number of methoxy groups -OCH3 is 2. The number of amides is 2. The zero-order valence-corrected chi connectivity index (χ0v) is 16.5. The van der Waals surface area contributed by atoms with Crippen molar-refractivity contribution in [1.29, 1.82) is 0 Å². The van der Waals surface area contributed by atoms with Gasteiger partial charge in [0.25, 0.3) is 5.91 Å². The molecule has 10 nitrogen and oxygen atoms in total. The average Bonchev–Trinajstić information content (AvgIpc) is 3.06. The van der Waals surface area contributed by atoms with Gasteiger partial charge in [-0.3, -0.25) is 14.9 Å². The van der Waals surface area contributed by atoms with Crippen LogP contribution in [0.3, 0.4) is 0 Å². The largest absolute Gasteiger partial charge is 0.497 e. The Morgan fingerprint density at radius 1 is 1.17 bits per heavy atom. The van der Waals surface area contributed by atoms with Crippen molar-refractivity contribution < 1.29 is 19.1 Å². The molecule has 1 heterocycles. The van der Waals surface area contributed by atoms with E-state index in [-0.39, 0.29) is 18.3 Å². The molecule has 1 aliphatic rings. The van der Waals surface area contributed by atoms with Gasteiger partial charge < -0.3 is 25.8 Å². The monoisotopic (exact) mass is 410 g/mol. The first-order valence-electron chi connectivity index (χ1n) is 9.05. The van der Waals surface area contributed by atoms with Crippen LogP contribution in [0.1, 0.15) is 6.42 Å². The smallest absolute Gasteiger partial charge is 0.252 e. The molecule has 0 spiro atoms. The van der Waals surface area contributed by atoms with Crippen LogP contribution >= 0.6 is 0 Å². The second-order valence-corrected chi connectivity index (χ2v) is 6.26. The predicted molar refractivity (Wildman–Crippen MR) is 114 cm³/mol. The summed E-state index contributed by atoms with van der Waals surface area (Å²) in [7, 11) is 3.01. The summed E-state index contributed by atoms with van der Waals surface area (Å²) in [6, 6.07) is 13.3. The SMILES string of the molecule is COc1ccc(OC)c(NC(=O)C[C@@H]2N=C(N=C(N)Nc3ccccc3)NC2=O)c1. The summed E-state index contributed by atoms with van der Waals surface area (Å²) in [4.78, 5) is 32.8. The summed E-state index contributed by atoms with van der Waals surface area (Å²) in [5.41, 5.74) is 7.01. The lowest BCUT2D eigenvalue weighted by Gasteiger charge is -2.12. The molecule has 0 aliphatic carbocycles. The number of nitrogens with zero attached hydrogens (tertiary/aromatic N) is 2. The lowest BCUT2D eigenvalue weighted by Crippen LogP contribution is -2.32. The molecule has 156 valence electrons. The molecule has 1 aliphatic heterocycles. The number of para-hydroxylation sites is 1. The molecule has 3 rings (SSSR count). The first-order chi connectivity index (χ1) is 14.5. The van der Waals surface area contributed by atoms with E-state index in [1.54, 1.807) is 18.2 Å². The summed E-state index contributed by atoms with van der Waals surface area (Å²) >= 11 is 0. The normalized spacial score (nSPS) is 15.8. The van der Waals surface area contributed by atoms with Gasteiger partial charge >= 0.3 is 0 Å². The maximum absolute atomic E-state index is 12.4. The van der Waals surface area contributed by atoms with Crippen molar-refractivity contribution in [2.24, 2.45) is 15.7 Å². The van der Waals surface area contributed by atoms with Crippen LogP contribution in [0, 0.1) is 0 Å². The Labute approximate surface area is 173 Å². The van der Waals surface area contributed by atoms with E-state index < -0.39 is 17.9 Å². The van der Waals surface area contributed by atoms with E-state index in [4.69, 9.17) is 15.2 Å². The third-order valence-electron chi connectivity index (χ3n) is 4.15. The Balaban J connectivity index is 1.64. The number of ether oxygens (including phenoxy) is 2. The van der Waals surface area contributed by atoms with Crippen LogP contribution in [-0.4, -0.2) is 44.0 Å². The Kier molecular flexibility index (Phi) is 6.48. The summed E-state index contributed by atoms with van der Waals surface area (Å²) in [6.45, 7) is 0. The van der Waals surface area contributed by atoms with Crippen LogP contribution in [0.25, 0.3) is 0 Å². The lowest BCUT2D eigenvalue weighted by atomic mass is 10.2. The molecule has 0 unspecified atom stereocenters. The van der Waals surface area contributed by atoms with Crippen molar-refractivity contribution in [1.82, 2.24) is 5.32 Å². The van der Waals surface area contributed by atoms with E-state index in [1.807, 2.05) is 30.3 Å². The Hall–Kier alpha value is -4.08. The summed E-state index contributed by atoms with van der Waals surface area (Å²) in [5.74, 6) is 0.276. The van der Waals surface area contributed by atoms with Gasteiger partial charge in [0, 0.05) is 11.8 Å².